The Balaban J connectivity index is 1.60. The minimum absolute atomic E-state index is 0.00808. The van der Waals surface area contributed by atoms with Crippen LogP contribution in [0, 0.1) is 5.92 Å². The first kappa shape index (κ1) is 17.2. The van der Waals surface area contributed by atoms with E-state index in [0.717, 1.165) is 32.4 Å². The SMILES string of the molecule is CC(Cl)(C(=O)c1ccccc1)N1CCC(Cc2ccccc2)CC1. The molecule has 2 nitrogen and oxygen atoms in total. The molecular weight excluding hydrogens is 318 g/mol. The smallest absolute Gasteiger partial charge is 0.198 e. The monoisotopic (exact) mass is 341 g/mol. The highest BCUT2D eigenvalue weighted by atomic mass is 35.5. The number of nitrogens with zero attached hydrogens (tertiary/aromatic N) is 1. The van der Waals surface area contributed by atoms with E-state index in [2.05, 4.69) is 35.2 Å². The highest BCUT2D eigenvalue weighted by Crippen LogP contribution is 2.31. The Morgan fingerprint density at radius 2 is 1.58 bits per heavy atom. The van der Waals surface area contributed by atoms with Gasteiger partial charge in [0.1, 0.15) is 0 Å². The molecule has 0 bridgehead atoms. The summed E-state index contributed by atoms with van der Waals surface area (Å²) < 4.78 is 0. The second-order valence-corrected chi connectivity index (χ2v) is 7.50. The molecule has 1 heterocycles. The molecule has 0 radical (unpaired) electrons. The number of rotatable bonds is 5. The summed E-state index contributed by atoms with van der Waals surface area (Å²) in [5, 5.41) is 0. The molecule has 0 aromatic heterocycles. The van der Waals surface area contributed by atoms with Crippen molar-refractivity contribution in [1.29, 1.82) is 0 Å². The van der Waals surface area contributed by atoms with Crippen LogP contribution in [0.1, 0.15) is 35.7 Å². The van der Waals surface area contributed by atoms with Crippen molar-refractivity contribution >= 4 is 17.4 Å². The van der Waals surface area contributed by atoms with Crippen LogP contribution in [0.25, 0.3) is 0 Å². The van der Waals surface area contributed by atoms with Gasteiger partial charge in [0.2, 0.25) is 0 Å². The van der Waals surface area contributed by atoms with E-state index < -0.39 is 5.00 Å². The molecule has 1 unspecified atom stereocenters. The first-order valence-corrected chi connectivity index (χ1v) is 9.03. The summed E-state index contributed by atoms with van der Waals surface area (Å²) in [7, 11) is 0. The molecule has 3 heteroatoms. The van der Waals surface area contributed by atoms with Crippen molar-refractivity contribution < 1.29 is 4.79 Å². The van der Waals surface area contributed by atoms with Crippen molar-refractivity contribution in [2.75, 3.05) is 13.1 Å². The largest absolute Gasteiger partial charge is 0.291 e. The Hall–Kier alpha value is -1.64. The lowest BCUT2D eigenvalue weighted by molar-refractivity contribution is 0.0686. The quantitative estimate of drug-likeness (QED) is 0.443. The van der Waals surface area contributed by atoms with Gasteiger partial charge in [0.05, 0.1) is 0 Å². The van der Waals surface area contributed by atoms with Crippen molar-refractivity contribution in [1.82, 2.24) is 4.90 Å². The third-order valence-electron chi connectivity index (χ3n) is 5.03. The fourth-order valence-corrected chi connectivity index (χ4v) is 3.78. The molecule has 1 aliphatic heterocycles. The van der Waals surface area contributed by atoms with E-state index >= 15 is 0 Å². The van der Waals surface area contributed by atoms with E-state index in [1.807, 2.05) is 37.3 Å². The predicted molar refractivity (Wildman–Crippen MR) is 99.5 cm³/mol. The van der Waals surface area contributed by atoms with Gasteiger partial charge in [0.25, 0.3) is 0 Å². The van der Waals surface area contributed by atoms with Gasteiger partial charge in [-0.25, -0.2) is 0 Å². The van der Waals surface area contributed by atoms with E-state index in [0.29, 0.717) is 11.5 Å². The van der Waals surface area contributed by atoms with Crippen molar-refractivity contribution in [3.05, 3.63) is 71.8 Å². The van der Waals surface area contributed by atoms with Crippen LogP contribution in [0.15, 0.2) is 60.7 Å². The van der Waals surface area contributed by atoms with Crippen LogP contribution in [-0.2, 0) is 6.42 Å². The highest BCUT2D eigenvalue weighted by molar-refractivity contribution is 6.37. The zero-order valence-electron chi connectivity index (χ0n) is 14.1. The van der Waals surface area contributed by atoms with E-state index in [-0.39, 0.29) is 5.78 Å². The molecule has 0 aliphatic carbocycles. The molecule has 24 heavy (non-hydrogen) atoms. The number of Topliss-reactive ketones (excluding diaryl/α,β-unsaturated/α-hetero) is 1. The zero-order chi connectivity index (χ0) is 17.0. The summed E-state index contributed by atoms with van der Waals surface area (Å²) in [6, 6.07) is 20.0. The van der Waals surface area contributed by atoms with Crippen molar-refractivity contribution in [2.24, 2.45) is 5.92 Å². The Kier molecular flexibility index (Phi) is 5.37. The van der Waals surface area contributed by atoms with Crippen molar-refractivity contribution in [3.8, 4) is 0 Å². The average molecular weight is 342 g/mol. The van der Waals surface area contributed by atoms with Gasteiger partial charge in [-0.05, 0) is 37.7 Å². The third kappa shape index (κ3) is 3.88. The van der Waals surface area contributed by atoms with Crippen molar-refractivity contribution in [2.45, 2.75) is 31.2 Å². The summed E-state index contributed by atoms with van der Waals surface area (Å²) in [5.74, 6) is 0.661. The second kappa shape index (κ2) is 7.50. The standard InChI is InChI=1S/C21H24ClNO/c1-21(22,20(24)19-10-6-3-7-11-19)23-14-12-18(13-15-23)16-17-8-4-2-5-9-17/h2-11,18H,12-16H2,1H3. The molecule has 1 saturated heterocycles. The van der Waals surface area contributed by atoms with Gasteiger partial charge >= 0.3 is 0 Å². The van der Waals surface area contributed by atoms with Crippen LogP contribution in [0.2, 0.25) is 0 Å². The molecule has 0 spiro atoms. The molecule has 0 N–H and O–H groups in total. The second-order valence-electron chi connectivity index (χ2n) is 6.77. The van der Waals surface area contributed by atoms with E-state index in [9.17, 15) is 4.79 Å². The van der Waals surface area contributed by atoms with Crippen LogP contribution in [0.3, 0.4) is 0 Å². The molecule has 1 fully saturated rings. The maximum atomic E-state index is 12.8. The predicted octanol–water partition coefficient (Wildman–Crippen LogP) is 4.78. The minimum Gasteiger partial charge on any atom is -0.291 e. The molecule has 2 aromatic carbocycles. The van der Waals surface area contributed by atoms with Gasteiger partial charge in [-0.3, -0.25) is 9.69 Å². The normalized spacial score (nSPS) is 18.9. The fourth-order valence-electron chi connectivity index (χ4n) is 3.50. The number of ketones is 1. The Bertz CT molecular complexity index is 661. The van der Waals surface area contributed by atoms with E-state index in [1.54, 1.807) is 0 Å². The maximum Gasteiger partial charge on any atom is 0.198 e. The van der Waals surface area contributed by atoms with Crippen LogP contribution in [-0.4, -0.2) is 28.8 Å². The maximum absolute atomic E-state index is 12.8. The Morgan fingerprint density at radius 1 is 1.04 bits per heavy atom. The Morgan fingerprint density at radius 3 is 2.17 bits per heavy atom. The molecule has 126 valence electrons. The summed E-state index contributed by atoms with van der Waals surface area (Å²) in [6.45, 7) is 3.58. The Labute approximate surface area is 149 Å². The molecule has 3 rings (SSSR count). The number of alkyl halides is 1. The fraction of sp³-hybridized carbons (Fsp3) is 0.381. The number of halogens is 1. The minimum atomic E-state index is -0.959. The van der Waals surface area contributed by atoms with Gasteiger partial charge in [0, 0.05) is 18.7 Å². The number of hydrogen-bond donors (Lipinski definition) is 0. The van der Waals surface area contributed by atoms with E-state index in [1.165, 1.54) is 5.56 Å². The lowest BCUT2D eigenvalue weighted by Gasteiger charge is -2.40. The molecular formula is C21H24ClNO. The van der Waals surface area contributed by atoms with Crippen LogP contribution in [0.5, 0.6) is 0 Å². The molecule has 0 saturated carbocycles. The number of benzene rings is 2. The number of carbonyl (C=O) groups excluding carboxylic acids is 1. The molecule has 1 atom stereocenters. The topological polar surface area (TPSA) is 20.3 Å². The summed E-state index contributed by atoms with van der Waals surface area (Å²) in [6.07, 6.45) is 3.28. The van der Waals surface area contributed by atoms with Crippen LogP contribution in [0.4, 0.5) is 0 Å². The molecule has 2 aromatic rings. The summed E-state index contributed by atoms with van der Waals surface area (Å²) in [4.78, 5) is 13.9. The van der Waals surface area contributed by atoms with Crippen LogP contribution < -0.4 is 0 Å². The number of likely N-dealkylation sites (tertiary alicyclic amines) is 1. The van der Waals surface area contributed by atoms with Gasteiger partial charge in [0.15, 0.2) is 10.8 Å². The van der Waals surface area contributed by atoms with Gasteiger partial charge in [-0.15, -0.1) is 0 Å². The average Bonchev–Trinajstić information content (AvgIpc) is 2.63. The summed E-state index contributed by atoms with van der Waals surface area (Å²) in [5.41, 5.74) is 2.08. The molecule has 1 aliphatic rings. The summed E-state index contributed by atoms with van der Waals surface area (Å²) >= 11 is 6.68. The zero-order valence-corrected chi connectivity index (χ0v) is 14.9. The molecule has 0 amide bonds. The van der Waals surface area contributed by atoms with Gasteiger partial charge < -0.3 is 0 Å². The van der Waals surface area contributed by atoms with Crippen LogP contribution >= 0.6 is 11.6 Å². The first-order valence-electron chi connectivity index (χ1n) is 8.65. The number of carbonyl (C=O) groups is 1. The van der Waals surface area contributed by atoms with Gasteiger partial charge in [-0.2, -0.15) is 0 Å². The lowest BCUT2D eigenvalue weighted by Crippen LogP contribution is -2.51. The highest BCUT2D eigenvalue weighted by Gasteiger charge is 2.39. The first-order chi connectivity index (χ1) is 11.6. The lowest BCUT2D eigenvalue weighted by atomic mass is 9.89. The van der Waals surface area contributed by atoms with E-state index in [4.69, 9.17) is 11.6 Å². The van der Waals surface area contributed by atoms with Crippen molar-refractivity contribution in [3.63, 3.8) is 0 Å². The third-order valence-corrected chi connectivity index (χ3v) is 5.44. The number of hydrogen-bond acceptors (Lipinski definition) is 2. The van der Waals surface area contributed by atoms with Gasteiger partial charge in [-0.1, -0.05) is 72.3 Å². The number of piperidine rings is 1.